The van der Waals surface area contributed by atoms with Crippen molar-refractivity contribution in [2.45, 2.75) is 50.5 Å². The van der Waals surface area contributed by atoms with Crippen molar-refractivity contribution in [1.82, 2.24) is 5.32 Å². The number of fused-ring (bicyclic) bond motifs is 1. The Morgan fingerprint density at radius 2 is 1.81 bits per heavy atom. The summed E-state index contributed by atoms with van der Waals surface area (Å²) < 4.78 is 0. The molecule has 1 aromatic rings. The van der Waals surface area contributed by atoms with Gasteiger partial charge in [0.2, 0.25) is 0 Å². The average molecular weight is 215 g/mol. The van der Waals surface area contributed by atoms with Crippen LogP contribution in [0.25, 0.3) is 0 Å². The number of benzene rings is 1. The maximum absolute atomic E-state index is 3.68. The first kappa shape index (κ1) is 10.3. The van der Waals surface area contributed by atoms with E-state index in [0.29, 0.717) is 0 Å². The summed E-state index contributed by atoms with van der Waals surface area (Å²) in [5, 5.41) is 3.68. The van der Waals surface area contributed by atoms with Crippen molar-refractivity contribution in [2.24, 2.45) is 0 Å². The lowest BCUT2D eigenvalue weighted by Gasteiger charge is -2.30. The summed E-state index contributed by atoms with van der Waals surface area (Å²) >= 11 is 0. The molecular weight excluding hydrogens is 194 g/mol. The Balaban J connectivity index is 1.77. The highest BCUT2D eigenvalue weighted by Crippen LogP contribution is 2.38. The first-order valence-electron chi connectivity index (χ1n) is 6.67. The molecule has 1 nitrogen and oxygen atoms in total. The second kappa shape index (κ2) is 4.21. The normalized spacial score (nSPS) is 28.8. The molecule has 0 saturated heterocycles. The third-order valence-electron chi connectivity index (χ3n) is 4.15. The van der Waals surface area contributed by atoms with Crippen molar-refractivity contribution in [3.8, 4) is 0 Å². The Kier molecular flexibility index (Phi) is 2.72. The molecule has 0 aromatic heterocycles. The van der Waals surface area contributed by atoms with Crippen LogP contribution in [0.15, 0.2) is 24.3 Å². The van der Waals surface area contributed by atoms with Gasteiger partial charge in [-0.3, -0.25) is 0 Å². The standard InChI is InChI=1S/C15H21N/c1-11-6-7-12(10-16-13-8-9-13)15-5-3-2-4-14(11)15/h2-5,11-13,16H,6-10H2,1H3. The monoisotopic (exact) mass is 215 g/mol. The fourth-order valence-corrected chi connectivity index (χ4v) is 2.90. The number of hydrogen-bond acceptors (Lipinski definition) is 1. The van der Waals surface area contributed by atoms with Gasteiger partial charge in [0, 0.05) is 12.6 Å². The van der Waals surface area contributed by atoms with E-state index in [1.807, 2.05) is 0 Å². The van der Waals surface area contributed by atoms with Crippen LogP contribution in [0.5, 0.6) is 0 Å². The van der Waals surface area contributed by atoms with Gasteiger partial charge in [0.05, 0.1) is 0 Å². The lowest BCUT2D eigenvalue weighted by Crippen LogP contribution is -2.26. The zero-order valence-corrected chi connectivity index (χ0v) is 10.1. The molecule has 2 aliphatic carbocycles. The molecule has 1 fully saturated rings. The molecule has 0 aliphatic heterocycles. The average Bonchev–Trinajstić information content (AvgIpc) is 3.13. The third-order valence-corrected chi connectivity index (χ3v) is 4.15. The van der Waals surface area contributed by atoms with Crippen LogP contribution in [0, 0.1) is 0 Å². The van der Waals surface area contributed by atoms with Crippen molar-refractivity contribution >= 4 is 0 Å². The van der Waals surface area contributed by atoms with Crippen LogP contribution >= 0.6 is 0 Å². The van der Waals surface area contributed by atoms with Crippen molar-refractivity contribution in [2.75, 3.05) is 6.54 Å². The molecule has 0 bridgehead atoms. The van der Waals surface area contributed by atoms with Crippen molar-refractivity contribution < 1.29 is 0 Å². The molecule has 0 amide bonds. The fourth-order valence-electron chi connectivity index (χ4n) is 2.90. The molecule has 1 heteroatoms. The quantitative estimate of drug-likeness (QED) is 0.814. The van der Waals surface area contributed by atoms with Gasteiger partial charge in [0.1, 0.15) is 0 Å². The fraction of sp³-hybridized carbons (Fsp3) is 0.600. The molecule has 1 aromatic carbocycles. The molecule has 1 saturated carbocycles. The van der Waals surface area contributed by atoms with E-state index in [1.54, 1.807) is 11.1 Å². The Morgan fingerprint density at radius 3 is 2.56 bits per heavy atom. The summed E-state index contributed by atoms with van der Waals surface area (Å²) in [6.07, 6.45) is 5.50. The molecule has 0 spiro atoms. The lowest BCUT2D eigenvalue weighted by molar-refractivity contribution is 0.472. The maximum Gasteiger partial charge on any atom is 0.00684 e. The highest BCUT2D eigenvalue weighted by molar-refractivity contribution is 5.35. The largest absolute Gasteiger partial charge is 0.313 e. The van der Waals surface area contributed by atoms with E-state index in [9.17, 15) is 0 Å². The molecule has 0 radical (unpaired) electrons. The van der Waals surface area contributed by atoms with Gasteiger partial charge >= 0.3 is 0 Å². The minimum absolute atomic E-state index is 0.757. The van der Waals surface area contributed by atoms with Crippen molar-refractivity contribution in [3.63, 3.8) is 0 Å². The summed E-state index contributed by atoms with van der Waals surface area (Å²) in [6, 6.07) is 9.88. The van der Waals surface area contributed by atoms with Crippen LogP contribution in [0.2, 0.25) is 0 Å². The van der Waals surface area contributed by atoms with Gasteiger partial charge in [0.25, 0.3) is 0 Å². The van der Waals surface area contributed by atoms with Crippen LogP contribution in [-0.4, -0.2) is 12.6 Å². The maximum atomic E-state index is 3.68. The molecular formula is C15H21N. The number of hydrogen-bond donors (Lipinski definition) is 1. The van der Waals surface area contributed by atoms with Crippen LogP contribution in [-0.2, 0) is 0 Å². The topological polar surface area (TPSA) is 12.0 Å². The molecule has 16 heavy (non-hydrogen) atoms. The first-order chi connectivity index (χ1) is 7.84. The molecule has 86 valence electrons. The van der Waals surface area contributed by atoms with Gasteiger partial charge in [0.15, 0.2) is 0 Å². The van der Waals surface area contributed by atoms with E-state index in [1.165, 1.54) is 32.2 Å². The summed E-state index contributed by atoms with van der Waals surface area (Å²) in [5.41, 5.74) is 3.20. The van der Waals surface area contributed by atoms with Crippen LogP contribution in [0.3, 0.4) is 0 Å². The number of nitrogens with one attached hydrogen (secondary N) is 1. The van der Waals surface area contributed by atoms with Gasteiger partial charge in [-0.2, -0.15) is 0 Å². The minimum Gasteiger partial charge on any atom is -0.313 e. The van der Waals surface area contributed by atoms with Gasteiger partial charge in [-0.05, 0) is 48.6 Å². The van der Waals surface area contributed by atoms with E-state index in [2.05, 4.69) is 36.5 Å². The van der Waals surface area contributed by atoms with Crippen molar-refractivity contribution in [3.05, 3.63) is 35.4 Å². The predicted octanol–water partition coefficient (Wildman–Crippen LogP) is 3.42. The second-order valence-corrected chi connectivity index (χ2v) is 5.49. The Bertz CT molecular complexity index is 367. The van der Waals surface area contributed by atoms with E-state index in [-0.39, 0.29) is 0 Å². The van der Waals surface area contributed by atoms with Crippen LogP contribution in [0.1, 0.15) is 55.6 Å². The second-order valence-electron chi connectivity index (χ2n) is 5.49. The van der Waals surface area contributed by atoms with E-state index in [0.717, 1.165) is 17.9 Å². The van der Waals surface area contributed by atoms with Gasteiger partial charge in [-0.25, -0.2) is 0 Å². The minimum atomic E-state index is 0.757. The molecule has 3 rings (SSSR count). The smallest absolute Gasteiger partial charge is 0.00684 e. The van der Waals surface area contributed by atoms with E-state index >= 15 is 0 Å². The summed E-state index contributed by atoms with van der Waals surface area (Å²) in [4.78, 5) is 0. The first-order valence-corrected chi connectivity index (χ1v) is 6.67. The Morgan fingerprint density at radius 1 is 1.06 bits per heavy atom. The SMILES string of the molecule is CC1CCC(CNC2CC2)c2ccccc21. The highest BCUT2D eigenvalue weighted by Gasteiger charge is 2.26. The van der Waals surface area contributed by atoms with E-state index < -0.39 is 0 Å². The van der Waals surface area contributed by atoms with Gasteiger partial charge in [-0.15, -0.1) is 0 Å². The third kappa shape index (κ3) is 2.01. The Hall–Kier alpha value is -0.820. The zero-order chi connectivity index (χ0) is 11.0. The summed E-state index contributed by atoms with van der Waals surface area (Å²) in [6.45, 7) is 3.55. The molecule has 0 heterocycles. The predicted molar refractivity (Wildman–Crippen MR) is 67.9 cm³/mol. The van der Waals surface area contributed by atoms with Gasteiger partial charge < -0.3 is 5.32 Å². The van der Waals surface area contributed by atoms with Gasteiger partial charge in [-0.1, -0.05) is 31.2 Å². The molecule has 2 aliphatic rings. The Labute approximate surface area is 98.3 Å². The molecule has 1 N–H and O–H groups in total. The zero-order valence-electron chi connectivity index (χ0n) is 10.1. The molecule has 2 unspecified atom stereocenters. The van der Waals surface area contributed by atoms with E-state index in [4.69, 9.17) is 0 Å². The summed E-state index contributed by atoms with van der Waals surface area (Å²) in [7, 11) is 0. The van der Waals surface area contributed by atoms with Crippen LogP contribution in [0.4, 0.5) is 0 Å². The lowest BCUT2D eigenvalue weighted by atomic mass is 9.77. The highest BCUT2D eigenvalue weighted by atomic mass is 14.9. The summed E-state index contributed by atoms with van der Waals surface area (Å²) in [5.74, 6) is 1.52. The number of rotatable bonds is 3. The van der Waals surface area contributed by atoms with Crippen molar-refractivity contribution in [1.29, 1.82) is 0 Å². The molecule has 2 atom stereocenters. The van der Waals surface area contributed by atoms with Crippen LogP contribution < -0.4 is 5.32 Å².